The molecule has 5 heteroatoms. The summed E-state index contributed by atoms with van der Waals surface area (Å²) in [6.07, 6.45) is 0.452. The quantitative estimate of drug-likeness (QED) is 0.823. The zero-order chi connectivity index (χ0) is 17.3. The summed E-state index contributed by atoms with van der Waals surface area (Å²) in [5.74, 6) is 0.300. The second-order valence-electron chi connectivity index (χ2n) is 7.56. The first kappa shape index (κ1) is 17.0. The van der Waals surface area contributed by atoms with Crippen molar-refractivity contribution in [2.24, 2.45) is 0 Å². The lowest BCUT2D eigenvalue weighted by atomic mass is 9.92. The smallest absolute Gasteiger partial charge is 0.227 e. The Bertz CT molecular complexity index is 614. The van der Waals surface area contributed by atoms with E-state index in [-0.39, 0.29) is 23.4 Å². The van der Waals surface area contributed by atoms with Crippen LogP contribution in [0.25, 0.3) is 0 Å². The SMILES string of the molecule is CC(=O)N1CC2CN(C(=O)Cc3ccccc3)CCN2C(C)(C)C1. The highest BCUT2D eigenvalue weighted by atomic mass is 16.2. The number of rotatable bonds is 2. The molecule has 0 bridgehead atoms. The molecule has 2 aliphatic rings. The molecule has 2 aliphatic heterocycles. The summed E-state index contributed by atoms with van der Waals surface area (Å²) in [6.45, 7) is 9.85. The van der Waals surface area contributed by atoms with Crippen molar-refractivity contribution >= 4 is 11.8 Å². The van der Waals surface area contributed by atoms with E-state index in [4.69, 9.17) is 0 Å². The van der Waals surface area contributed by atoms with Gasteiger partial charge >= 0.3 is 0 Å². The van der Waals surface area contributed by atoms with Crippen molar-refractivity contribution in [3.63, 3.8) is 0 Å². The maximum Gasteiger partial charge on any atom is 0.227 e. The van der Waals surface area contributed by atoms with Crippen LogP contribution in [0.15, 0.2) is 30.3 Å². The third-order valence-corrected chi connectivity index (χ3v) is 5.27. The Morgan fingerprint density at radius 3 is 2.42 bits per heavy atom. The number of carbonyl (C=O) groups is 2. The normalized spacial score (nSPS) is 23.7. The van der Waals surface area contributed by atoms with Gasteiger partial charge in [-0.1, -0.05) is 30.3 Å². The van der Waals surface area contributed by atoms with Crippen molar-refractivity contribution < 1.29 is 9.59 Å². The monoisotopic (exact) mass is 329 g/mol. The fourth-order valence-corrected chi connectivity index (χ4v) is 4.03. The minimum Gasteiger partial charge on any atom is -0.339 e. The first-order chi connectivity index (χ1) is 11.4. The Hall–Kier alpha value is -1.88. The van der Waals surface area contributed by atoms with E-state index in [1.54, 1.807) is 6.92 Å². The fraction of sp³-hybridized carbons (Fsp3) is 0.579. The highest BCUT2D eigenvalue weighted by molar-refractivity contribution is 5.79. The predicted octanol–water partition coefficient (Wildman–Crippen LogP) is 1.38. The van der Waals surface area contributed by atoms with Crippen molar-refractivity contribution in [2.75, 3.05) is 32.7 Å². The Kier molecular flexibility index (Phi) is 4.63. The number of carbonyl (C=O) groups excluding carboxylic acids is 2. The molecule has 1 atom stereocenters. The van der Waals surface area contributed by atoms with Crippen LogP contribution in [0, 0.1) is 0 Å². The summed E-state index contributed by atoms with van der Waals surface area (Å²) < 4.78 is 0. The van der Waals surface area contributed by atoms with Gasteiger partial charge in [0, 0.05) is 51.2 Å². The van der Waals surface area contributed by atoms with Gasteiger partial charge in [0.1, 0.15) is 0 Å². The molecule has 0 aliphatic carbocycles. The van der Waals surface area contributed by atoms with Crippen LogP contribution in [0.4, 0.5) is 0 Å². The molecule has 3 rings (SSSR count). The number of fused-ring (bicyclic) bond motifs is 1. The summed E-state index contributed by atoms with van der Waals surface area (Å²) in [4.78, 5) is 30.9. The fourth-order valence-electron chi connectivity index (χ4n) is 4.03. The van der Waals surface area contributed by atoms with Gasteiger partial charge in [-0.2, -0.15) is 0 Å². The predicted molar refractivity (Wildman–Crippen MR) is 93.6 cm³/mol. The van der Waals surface area contributed by atoms with Crippen molar-refractivity contribution in [1.29, 1.82) is 0 Å². The molecular formula is C19H27N3O2. The van der Waals surface area contributed by atoms with Gasteiger partial charge in [0.15, 0.2) is 0 Å². The molecule has 2 amide bonds. The average molecular weight is 329 g/mol. The zero-order valence-electron chi connectivity index (χ0n) is 14.9. The number of piperazine rings is 2. The molecule has 0 aromatic heterocycles. The molecule has 0 saturated carbocycles. The minimum absolute atomic E-state index is 0.0385. The van der Waals surface area contributed by atoms with Crippen molar-refractivity contribution in [2.45, 2.75) is 38.8 Å². The molecule has 2 heterocycles. The lowest BCUT2D eigenvalue weighted by molar-refractivity contribution is -0.144. The Labute approximate surface area is 144 Å². The second-order valence-corrected chi connectivity index (χ2v) is 7.56. The van der Waals surface area contributed by atoms with E-state index in [1.165, 1.54) is 0 Å². The third kappa shape index (κ3) is 3.46. The summed E-state index contributed by atoms with van der Waals surface area (Å²) >= 11 is 0. The molecule has 0 radical (unpaired) electrons. The molecular weight excluding hydrogens is 302 g/mol. The number of benzene rings is 1. The summed E-state index contributed by atoms with van der Waals surface area (Å²) in [5, 5.41) is 0. The number of hydrogen-bond donors (Lipinski definition) is 0. The van der Waals surface area contributed by atoms with E-state index >= 15 is 0 Å². The van der Waals surface area contributed by atoms with Crippen LogP contribution < -0.4 is 0 Å². The van der Waals surface area contributed by atoms with E-state index in [2.05, 4.69) is 18.7 Å². The van der Waals surface area contributed by atoms with E-state index in [1.807, 2.05) is 40.1 Å². The Morgan fingerprint density at radius 1 is 1.08 bits per heavy atom. The molecule has 1 unspecified atom stereocenters. The summed E-state index contributed by atoms with van der Waals surface area (Å²) in [6, 6.07) is 10.1. The topological polar surface area (TPSA) is 43.9 Å². The molecule has 2 saturated heterocycles. The van der Waals surface area contributed by atoms with E-state index in [0.29, 0.717) is 19.5 Å². The zero-order valence-corrected chi connectivity index (χ0v) is 14.9. The lowest BCUT2D eigenvalue weighted by Crippen LogP contribution is -2.70. The van der Waals surface area contributed by atoms with Gasteiger partial charge in [0.2, 0.25) is 11.8 Å². The first-order valence-corrected chi connectivity index (χ1v) is 8.71. The van der Waals surface area contributed by atoms with Gasteiger partial charge in [-0.05, 0) is 19.4 Å². The summed E-state index contributed by atoms with van der Waals surface area (Å²) in [7, 11) is 0. The van der Waals surface area contributed by atoms with Crippen LogP contribution in [0.3, 0.4) is 0 Å². The minimum atomic E-state index is -0.0385. The first-order valence-electron chi connectivity index (χ1n) is 8.71. The van der Waals surface area contributed by atoms with Gasteiger partial charge < -0.3 is 9.80 Å². The van der Waals surface area contributed by atoms with Crippen LogP contribution in [0.1, 0.15) is 26.3 Å². The van der Waals surface area contributed by atoms with Gasteiger partial charge in [0.25, 0.3) is 0 Å². The van der Waals surface area contributed by atoms with Crippen LogP contribution in [-0.4, -0.2) is 70.8 Å². The van der Waals surface area contributed by atoms with Crippen LogP contribution in [-0.2, 0) is 16.0 Å². The largest absolute Gasteiger partial charge is 0.339 e. The molecule has 130 valence electrons. The van der Waals surface area contributed by atoms with Crippen LogP contribution in [0.2, 0.25) is 0 Å². The lowest BCUT2D eigenvalue weighted by Gasteiger charge is -2.55. The molecule has 1 aromatic rings. The maximum absolute atomic E-state index is 12.6. The van der Waals surface area contributed by atoms with Crippen molar-refractivity contribution in [1.82, 2.24) is 14.7 Å². The van der Waals surface area contributed by atoms with Gasteiger partial charge in [-0.25, -0.2) is 0 Å². The molecule has 0 N–H and O–H groups in total. The highest BCUT2D eigenvalue weighted by Gasteiger charge is 2.43. The van der Waals surface area contributed by atoms with Crippen LogP contribution in [0.5, 0.6) is 0 Å². The van der Waals surface area contributed by atoms with Gasteiger partial charge in [-0.15, -0.1) is 0 Å². The third-order valence-electron chi connectivity index (χ3n) is 5.27. The van der Waals surface area contributed by atoms with Gasteiger partial charge in [-0.3, -0.25) is 14.5 Å². The van der Waals surface area contributed by atoms with Gasteiger partial charge in [0.05, 0.1) is 6.42 Å². The van der Waals surface area contributed by atoms with Crippen molar-refractivity contribution in [3.05, 3.63) is 35.9 Å². The number of hydrogen-bond acceptors (Lipinski definition) is 3. The molecule has 1 aromatic carbocycles. The highest BCUT2D eigenvalue weighted by Crippen LogP contribution is 2.28. The molecule has 5 nitrogen and oxygen atoms in total. The van der Waals surface area contributed by atoms with E-state index < -0.39 is 0 Å². The molecule has 2 fully saturated rings. The van der Waals surface area contributed by atoms with Crippen molar-refractivity contribution in [3.8, 4) is 0 Å². The Morgan fingerprint density at radius 2 is 1.75 bits per heavy atom. The van der Waals surface area contributed by atoms with Crippen LogP contribution >= 0.6 is 0 Å². The number of amides is 2. The molecule has 24 heavy (non-hydrogen) atoms. The molecule has 0 spiro atoms. The Balaban J connectivity index is 1.68. The standard InChI is InChI=1S/C19H27N3O2/c1-15(23)21-13-17-12-20(9-10-22(17)19(2,3)14-21)18(24)11-16-7-5-4-6-8-16/h4-8,17H,9-14H2,1-3H3. The number of nitrogens with zero attached hydrogens (tertiary/aromatic N) is 3. The maximum atomic E-state index is 12.6. The van der Waals surface area contributed by atoms with E-state index in [0.717, 1.165) is 25.2 Å². The average Bonchev–Trinajstić information content (AvgIpc) is 2.54. The second kappa shape index (κ2) is 6.55. The van der Waals surface area contributed by atoms with E-state index in [9.17, 15) is 9.59 Å². The summed E-state index contributed by atoms with van der Waals surface area (Å²) in [5.41, 5.74) is 1.02.